The second-order valence-electron chi connectivity index (χ2n) is 4.69. The Morgan fingerprint density at radius 3 is 2.67 bits per heavy atom. The smallest absolute Gasteiger partial charge is 0.383 e. The van der Waals surface area contributed by atoms with Gasteiger partial charge in [-0.1, -0.05) is 17.7 Å². The minimum atomic E-state index is -4.16. The third-order valence-electron chi connectivity index (χ3n) is 3.02. The predicted octanol–water partition coefficient (Wildman–Crippen LogP) is 3.46. The number of nitrogens with one attached hydrogen (secondary N) is 1. The number of halogens is 4. The molecule has 1 aromatic carbocycles. The van der Waals surface area contributed by atoms with Crippen molar-refractivity contribution in [3.63, 3.8) is 0 Å². The van der Waals surface area contributed by atoms with Crippen LogP contribution in [0.5, 0.6) is 0 Å². The number of nitrogens with zero attached hydrogens (tertiary/aromatic N) is 1. The van der Waals surface area contributed by atoms with Crippen molar-refractivity contribution < 1.29 is 17.9 Å². The summed E-state index contributed by atoms with van der Waals surface area (Å²) in [5.74, 6) is 0. The normalized spacial score (nSPS) is 11.7. The van der Waals surface area contributed by atoms with E-state index in [2.05, 4.69) is 5.32 Å². The Hall–Kier alpha value is -0.980. The number of alkyl halides is 3. The molecule has 0 fully saturated rings. The molecule has 0 spiro atoms. The first-order valence-corrected chi connectivity index (χ1v) is 6.98. The number of rotatable bonds is 8. The molecule has 7 heteroatoms. The Morgan fingerprint density at radius 2 is 2.05 bits per heavy atom. The van der Waals surface area contributed by atoms with Gasteiger partial charge in [0.1, 0.15) is 0 Å². The minimum Gasteiger partial charge on any atom is -0.383 e. The molecule has 0 heterocycles. The van der Waals surface area contributed by atoms with Crippen molar-refractivity contribution in [2.24, 2.45) is 0 Å². The van der Waals surface area contributed by atoms with Crippen molar-refractivity contribution in [3.05, 3.63) is 28.8 Å². The number of hydrogen-bond acceptors (Lipinski definition) is 3. The van der Waals surface area contributed by atoms with Crippen LogP contribution in [0.3, 0.4) is 0 Å². The fraction of sp³-hybridized carbons (Fsp3) is 0.571. The molecule has 0 saturated heterocycles. The number of anilines is 1. The first kappa shape index (κ1) is 18.1. The maximum absolute atomic E-state index is 12.3. The van der Waals surface area contributed by atoms with Gasteiger partial charge in [0.2, 0.25) is 0 Å². The zero-order chi connectivity index (χ0) is 15.9. The van der Waals surface area contributed by atoms with Gasteiger partial charge in [-0.05, 0) is 12.1 Å². The van der Waals surface area contributed by atoms with Crippen LogP contribution in [-0.2, 0) is 11.3 Å². The Bertz CT molecular complexity index is 441. The molecule has 3 nitrogen and oxygen atoms in total. The third-order valence-corrected chi connectivity index (χ3v) is 3.37. The highest BCUT2D eigenvalue weighted by atomic mass is 35.5. The maximum atomic E-state index is 12.3. The lowest BCUT2D eigenvalue weighted by Gasteiger charge is -2.24. The molecule has 21 heavy (non-hydrogen) atoms. The van der Waals surface area contributed by atoms with Crippen molar-refractivity contribution in [2.45, 2.75) is 19.1 Å². The molecule has 120 valence electrons. The summed E-state index contributed by atoms with van der Waals surface area (Å²) in [5, 5.41) is 3.69. The minimum absolute atomic E-state index is 0.102. The largest absolute Gasteiger partial charge is 0.390 e. The van der Waals surface area contributed by atoms with Gasteiger partial charge in [0, 0.05) is 50.1 Å². The van der Waals surface area contributed by atoms with E-state index in [-0.39, 0.29) is 6.54 Å². The van der Waals surface area contributed by atoms with E-state index in [1.165, 1.54) is 0 Å². The fourth-order valence-corrected chi connectivity index (χ4v) is 2.12. The molecule has 0 saturated carbocycles. The van der Waals surface area contributed by atoms with Crippen LogP contribution in [0.2, 0.25) is 5.02 Å². The average molecular weight is 325 g/mol. The maximum Gasteiger partial charge on any atom is 0.390 e. The summed E-state index contributed by atoms with van der Waals surface area (Å²) < 4.78 is 41.9. The quantitative estimate of drug-likeness (QED) is 0.741. The highest BCUT2D eigenvalue weighted by Gasteiger charge is 2.27. The van der Waals surface area contributed by atoms with E-state index in [1.807, 2.05) is 0 Å². The van der Waals surface area contributed by atoms with E-state index >= 15 is 0 Å². The predicted molar refractivity (Wildman–Crippen MR) is 79.0 cm³/mol. The van der Waals surface area contributed by atoms with Crippen LogP contribution in [0.4, 0.5) is 18.9 Å². The van der Waals surface area contributed by atoms with Gasteiger partial charge in [-0.15, -0.1) is 0 Å². The molecule has 0 aliphatic carbocycles. The molecule has 0 amide bonds. The molecule has 0 unspecified atom stereocenters. The monoisotopic (exact) mass is 324 g/mol. The number of hydrogen-bond donors (Lipinski definition) is 1. The molecule has 0 bridgehead atoms. The molecular weight excluding hydrogens is 305 g/mol. The van der Waals surface area contributed by atoms with Gasteiger partial charge in [-0.2, -0.15) is 13.2 Å². The zero-order valence-corrected chi connectivity index (χ0v) is 12.9. The van der Waals surface area contributed by atoms with Crippen LogP contribution in [0.25, 0.3) is 0 Å². The SMILES string of the molecule is COCCNCc1c(Cl)cccc1N(C)CCC(F)(F)F. The zero-order valence-electron chi connectivity index (χ0n) is 12.1. The van der Waals surface area contributed by atoms with Gasteiger partial charge >= 0.3 is 6.18 Å². The topological polar surface area (TPSA) is 24.5 Å². The fourth-order valence-electron chi connectivity index (χ4n) is 1.88. The Balaban J connectivity index is 2.73. The van der Waals surface area contributed by atoms with Gasteiger partial charge in [0.15, 0.2) is 0 Å². The summed E-state index contributed by atoms with van der Waals surface area (Å²) in [4.78, 5) is 1.58. The van der Waals surface area contributed by atoms with Crippen LogP contribution in [0.15, 0.2) is 18.2 Å². The van der Waals surface area contributed by atoms with Crippen molar-refractivity contribution in [3.8, 4) is 0 Å². The average Bonchev–Trinajstić information content (AvgIpc) is 2.41. The standard InChI is InChI=1S/C14H20ClF3N2O/c1-20(8-6-14(16,17)18)13-5-3-4-12(15)11(13)10-19-7-9-21-2/h3-5,19H,6-10H2,1-2H3. The van der Waals surface area contributed by atoms with Crippen molar-refractivity contribution >= 4 is 17.3 Å². The van der Waals surface area contributed by atoms with Crippen LogP contribution in [0, 0.1) is 0 Å². The van der Waals surface area contributed by atoms with Crippen LogP contribution >= 0.6 is 11.6 Å². The molecule has 0 aliphatic heterocycles. The molecule has 0 radical (unpaired) electrons. The molecular formula is C14H20ClF3N2O. The number of benzene rings is 1. The van der Waals surface area contributed by atoms with Gasteiger partial charge in [-0.3, -0.25) is 0 Å². The van der Waals surface area contributed by atoms with Gasteiger partial charge < -0.3 is 15.0 Å². The van der Waals surface area contributed by atoms with Gasteiger partial charge in [0.05, 0.1) is 13.0 Å². The van der Waals surface area contributed by atoms with Crippen LogP contribution < -0.4 is 10.2 Å². The summed E-state index contributed by atoms with van der Waals surface area (Å²) in [5.41, 5.74) is 1.50. The second-order valence-corrected chi connectivity index (χ2v) is 5.10. The Labute approximate surface area is 128 Å². The number of ether oxygens (including phenoxy) is 1. The van der Waals surface area contributed by atoms with Gasteiger partial charge in [0.25, 0.3) is 0 Å². The lowest BCUT2D eigenvalue weighted by Crippen LogP contribution is -2.26. The Kier molecular flexibility index (Phi) is 7.28. The van der Waals surface area contributed by atoms with E-state index in [0.29, 0.717) is 30.4 Å². The lowest BCUT2D eigenvalue weighted by molar-refractivity contribution is -0.132. The van der Waals surface area contributed by atoms with E-state index in [0.717, 1.165) is 5.56 Å². The summed E-state index contributed by atoms with van der Waals surface area (Å²) in [6.45, 7) is 1.58. The van der Waals surface area contributed by atoms with Crippen molar-refractivity contribution in [1.82, 2.24) is 5.32 Å². The summed E-state index contributed by atoms with van der Waals surface area (Å²) >= 11 is 6.16. The first-order valence-electron chi connectivity index (χ1n) is 6.60. The highest BCUT2D eigenvalue weighted by molar-refractivity contribution is 6.31. The molecule has 1 aromatic rings. The third kappa shape index (κ3) is 6.54. The first-order chi connectivity index (χ1) is 9.85. The second kappa shape index (κ2) is 8.46. The van der Waals surface area contributed by atoms with Crippen LogP contribution in [-0.4, -0.2) is 40.0 Å². The number of methoxy groups -OCH3 is 1. The Morgan fingerprint density at radius 1 is 1.33 bits per heavy atom. The van der Waals surface area contributed by atoms with Crippen molar-refractivity contribution in [2.75, 3.05) is 38.8 Å². The van der Waals surface area contributed by atoms with Crippen molar-refractivity contribution in [1.29, 1.82) is 0 Å². The highest BCUT2D eigenvalue weighted by Crippen LogP contribution is 2.28. The van der Waals surface area contributed by atoms with E-state index in [1.54, 1.807) is 37.3 Å². The molecule has 1 N–H and O–H groups in total. The summed E-state index contributed by atoms with van der Waals surface area (Å²) in [6, 6.07) is 5.24. The molecule has 0 aliphatic rings. The van der Waals surface area contributed by atoms with E-state index < -0.39 is 12.6 Å². The molecule has 1 rings (SSSR count). The van der Waals surface area contributed by atoms with Gasteiger partial charge in [-0.25, -0.2) is 0 Å². The molecule has 0 aromatic heterocycles. The van der Waals surface area contributed by atoms with E-state index in [4.69, 9.17) is 16.3 Å². The summed E-state index contributed by atoms with van der Waals surface area (Å²) in [7, 11) is 3.24. The molecule has 0 atom stereocenters. The summed E-state index contributed by atoms with van der Waals surface area (Å²) in [6.07, 6.45) is -5.02. The lowest BCUT2D eigenvalue weighted by atomic mass is 10.1. The van der Waals surface area contributed by atoms with E-state index in [9.17, 15) is 13.2 Å². The van der Waals surface area contributed by atoms with Crippen LogP contribution in [0.1, 0.15) is 12.0 Å².